The summed E-state index contributed by atoms with van der Waals surface area (Å²) < 4.78 is 29.6. The summed E-state index contributed by atoms with van der Waals surface area (Å²) in [5.41, 5.74) is 3.69. The van der Waals surface area contributed by atoms with Crippen molar-refractivity contribution >= 4 is 33.0 Å². The number of aromatic nitrogens is 1. The molecule has 2 aromatic carbocycles. The highest BCUT2D eigenvalue weighted by atomic mass is 32.2. The molecule has 5 rings (SSSR count). The van der Waals surface area contributed by atoms with Gasteiger partial charge in [0.05, 0.1) is 5.69 Å². The predicted molar refractivity (Wildman–Crippen MR) is 114 cm³/mol. The Bertz CT molecular complexity index is 1190. The van der Waals surface area contributed by atoms with Crippen molar-refractivity contribution in [3.05, 3.63) is 78.6 Å². The zero-order valence-electron chi connectivity index (χ0n) is 15.5. The second kappa shape index (κ2) is 6.89. The minimum Gasteiger partial charge on any atom is -0.384 e. The van der Waals surface area contributed by atoms with Crippen LogP contribution in [0.3, 0.4) is 0 Å². The standard InChI is InChI=1S/C21H19N5O2S/c27-29(28)20-13-22-11-10-19(20)24-21(25-29)26(16-6-2-1-3-7-16)14-15-12-23-18-9-5-4-8-17(15)18/h1-11,13,15,23H,12,14H2,(H,24,25). The Hall–Kier alpha value is -3.39. The van der Waals surface area contributed by atoms with Gasteiger partial charge in [0, 0.05) is 42.8 Å². The van der Waals surface area contributed by atoms with Gasteiger partial charge in [0.15, 0.2) is 0 Å². The van der Waals surface area contributed by atoms with Gasteiger partial charge in [-0.2, -0.15) is 8.42 Å². The summed E-state index contributed by atoms with van der Waals surface area (Å²) in [7, 11) is -3.83. The number of fused-ring (bicyclic) bond motifs is 2. The monoisotopic (exact) mass is 405 g/mol. The van der Waals surface area contributed by atoms with Gasteiger partial charge in [-0.05, 0) is 29.8 Å². The summed E-state index contributed by atoms with van der Waals surface area (Å²) in [6.45, 7) is 1.36. The second-order valence-corrected chi connectivity index (χ2v) is 8.57. The van der Waals surface area contributed by atoms with Crippen LogP contribution in [-0.4, -0.2) is 32.5 Å². The van der Waals surface area contributed by atoms with Gasteiger partial charge >= 0.3 is 0 Å². The molecule has 0 saturated heterocycles. The zero-order chi connectivity index (χ0) is 19.8. The third-order valence-electron chi connectivity index (χ3n) is 5.18. The molecule has 3 heterocycles. The van der Waals surface area contributed by atoms with Crippen molar-refractivity contribution in [1.82, 2.24) is 4.98 Å². The van der Waals surface area contributed by atoms with E-state index in [-0.39, 0.29) is 10.8 Å². The van der Waals surface area contributed by atoms with Crippen molar-refractivity contribution in [1.29, 1.82) is 0 Å². The lowest BCUT2D eigenvalue weighted by atomic mass is 10.0. The van der Waals surface area contributed by atoms with E-state index >= 15 is 0 Å². The van der Waals surface area contributed by atoms with Crippen molar-refractivity contribution in [3.63, 3.8) is 0 Å². The van der Waals surface area contributed by atoms with Crippen LogP contribution in [0.1, 0.15) is 11.5 Å². The Labute approximate surface area is 169 Å². The van der Waals surface area contributed by atoms with Crippen LogP contribution in [-0.2, 0) is 10.0 Å². The molecule has 1 unspecified atom stereocenters. The molecule has 29 heavy (non-hydrogen) atoms. The maximum Gasteiger partial charge on any atom is 0.289 e. The number of pyridine rings is 1. The summed E-state index contributed by atoms with van der Waals surface area (Å²) in [6.07, 6.45) is 2.89. The first-order valence-electron chi connectivity index (χ1n) is 9.33. The molecule has 0 amide bonds. The number of nitrogens with zero attached hydrogens (tertiary/aromatic N) is 3. The first-order chi connectivity index (χ1) is 14.1. The third kappa shape index (κ3) is 3.21. The number of anilines is 3. The van der Waals surface area contributed by atoms with Gasteiger partial charge in [-0.3, -0.25) is 4.98 Å². The molecule has 1 atom stereocenters. The summed E-state index contributed by atoms with van der Waals surface area (Å²) >= 11 is 0. The van der Waals surface area contributed by atoms with E-state index in [1.54, 1.807) is 12.3 Å². The van der Waals surface area contributed by atoms with E-state index in [4.69, 9.17) is 0 Å². The van der Waals surface area contributed by atoms with Crippen LogP contribution in [0.15, 0.2) is 82.4 Å². The number of para-hydroxylation sites is 2. The number of nitrogens with one attached hydrogen (secondary N) is 2. The highest BCUT2D eigenvalue weighted by molar-refractivity contribution is 7.90. The van der Waals surface area contributed by atoms with Crippen LogP contribution in [0.4, 0.5) is 17.1 Å². The molecule has 2 aliphatic heterocycles. The maximum absolute atomic E-state index is 12.7. The van der Waals surface area contributed by atoms with Crippen molar-refractivity contribution in [2.24, 2.45) is 4.40 Å². The number of hydrogen-bond donors (Lipinski definition) is 2. The number of sulfonamides is 1. The molecule has 1 aromatic heterocycles. The Balaban J connectivity index is 1.55. The Kier molecular flexibility index (Phi) is 4.21. The van der Waals surface area contributed by atoms with Crippen LogP contribution in [0, 0.1) is 0 Å². The van der Waals surface area contributed by atoms with E-state index < -0.39 is 10.0 Å². The summed E-state index contributed by atoms with van der Waals surface area (Å²) in [4.78, 5) is 5.93. The highest BCUT2D eigenvalue weighted by Crippen LogP contribution is 2.34. The second-order valence-electron chi connectivity index (χ2n) is 7.00. The van der Waals surface area contributed by atoms with Gasteiger partial charge in [0.1, 0.15) is 4.90 Å². The molecule has 0 bridgehead atoms. The van der Waals surface area contributed by atoms with Crippen molar-refractivity contribution < 1.29 is 8.42 Å². The number of benzene rings is 2. The van der Waals surface area contributed by atoms with E-state index in [0.29, 0.717) is 18.2 Å². The van der Waals surface area contributed by atoms with E-state index in [0.717, 1.165) is 17.9 Å². The summed E-state index contributed by atoms with van der Waals surface area (Å²) in [5, 5.41) is 6.61. The smallest absolute Gasteiger partial charge is 0.289 e. The zero-order valence-corrected chi connectivity index (χ0v) is 16.3. The van der Waals surface area contributed by atoms with Crippen LogP contribution < -0.4 is 15.5 Å². The van der Waals surface area contributed by atoms with Gasteiger partial charge in [0.25, 0.3) is 10.0 Å². The van der Waals surface area contributed by atoms with Crippen molar-refractivity contribution in [3.8, 4) is 0 Å². The quantitative estimate of drug-likeness (QED) is 0.696. The lowest BCUT2D eigenvalue weighted by Gasteiger charge is -2.31. The van der Waals surface area contributed by atoms with Crippen LogP contribution in [0.5, 0.6) is 0 Å². The van der Waals surface area contributed by atoms with E-state index in [1.807, 2.05) is 47.4 Å². The first-order valence-corrected chi connectivity index (χ1v) is 10.8. The fourth-order valence-electron chi connectivity index (χ4n) is 3.77. The molecule has 3 aromatic rings. The minimum absolute atomic E-state index is 0.0876. The van der Waals surface area contributed by atoms with Crippen LogP contribution in [0.2, 0.25) is 0 Å². The average molecular weight is 405 g/mol. The van der Waals surface area contributed by atoms with Gasteiger partial charge < -0.3 is 15.5 Å². The largest absolute Gasteiger partial charge is 0.384 e. The number of hydrogen-bond acceptors (Lipinski definition) is 6. The van der Waals surface area contributed by atoms with Gasteiger partial charge in [-0.25, -0.2) is 0 Å². The lowest BCUT2D eigenvalue weighted by Crippen LogP contribution is -2.42. The van der Waals surface area contributed by atoms with Gasteiger partial charge in [-0.15, -0.1) is 4.40 Å². The summed E-state index contributed by atoms with van der Waals surface area (Å²) in [5.74, 6) is 0.483. The molecule has 7 nitrogen and oxygen atoms in total. The predicted octanol–water partition coefficient (Wildman–Crippen LogP) is 3.27. The number of rotatable bonds is 3. The Morgan fingerprint density at radius 1 is 1.00 bits per heavy atom. The fraction of sp³-hybridized carbons (Fsp3) is 0.143. The van der Waals surface area contributed by atoms with Crippen molar-refractivity contribution in [2.75, 3.05) is 28.6 Å². The SMILES string of the molecule is O=S1(=O)N=C(N(CC2CNc3ccccc32)c2ccccc2)Nc2ccncc21. The third-order valence-corrected chi connectivity index (χ3v) is 6.48. The molecule has 0 radical (unpaired) electrons. The number of guanidine groups is 1. The molecule has 0 aliphatic carbocycles. The van der Waals surface area contributed by atoms with Crippen LogP contribution >= 0.6 is 0 Å². The van der Waals surface area contributed by atoms with Crippen LogP contribution in [0.25, 0.3) is 0 Å². The molecule has 8 heteroatoms. The molecule has 0 spiro atoms. The molecular weight excluding hydrogens is 386 g/mol. The van der Waals surface area contributed by atoms with Gasteiger partial charge in [-0.1, -0.05) is 36.4 Å². The Morgan fingerprint density at radius 3 is 2.66 bits per heavy atom. The molecule has 2 N–H and O–H groups in total. The molecule has 0 saturated carbocycles. The Morgan fingerprint density at radius 2 is 1.79 bits per heavy atom. The maximum atomic E-state index is 12.7. The normalized spacial score (nSPS) is 18.6. The first kappa shape index (κ1) is 17.7. The molecule has 0 fully saturated rings. The van der Waals surface area contributed by atoms with E-state index in [1.165, 1.54) is 11.8 Å². The molecule has 2 aliphatic rings. The van der Waals surface area contributed by atoms with E-state index in [9.17, 15) is 8.42 Å². The topological polar surface area (TPSA) is 86.7 Å². The van der Waals surface area contributed by atoms with E-state index in [2.05, 4.69) is 32.1 Å². The lowest BCUT2D eigenvalue weighted by molar-refractivity contribution is 0.597. The van der Waals surface area contributed by atoms with Crippen molar-refractivity contribution in [2.45, 2.75) is 10.8 Å². The van der Waals surface area contributed by atoms with Gasteiger partial charge in [0.2, 0.25) is 5.96 Å². The molecule has 146 valence electrons. The fourth-order valence-corrected chi connectivity index (χ4v) is 4.84. The highest BCUT2D eigenvalue weighted by Gasteiger charge is 2.31. The minimum atomic E-state index is -3.83. The summed E-state index contributed by atoms with van der Waals surface area (Å²) in [6, 6.07) is 19.5. The molecular formula is C21H19N5O2S. The average Bonchev–Trinajstić information content (AvgIpc) is 3.15.